The molecule has 6 heteroatoms. The predicted molar refractivity (Wildman–Crippen MR) is 85.3 cm³/mol. The second kappa shape index (κ2) is 7.42. The molecule has 1 heterocycles. The Labute approximate surface area is 139 Å². The zero-order valence-corrected chi connectivity index (χ0v) is 14.0. The van der Waals surface area contributed by atoms with E-state index in [0.717, 1.165) is 5.69 Å². The molecule has 23 heavy (non-hydrogen) atoms. The van der Waals surface area contributed by atoms with Crippen molar-refractivity contribution in [1.82, 2.24) is 4.98 Å². The molecule has 0 spiro atoms. The molecule has 0 N–H and O–H groups in total. The molecular formula is C17H18ClNO4. The molecule has 0 fully saturated rings. The average Bonchev–Trinajstić information content (AvgIpc) is 2.84. The lowest BCUT2D eigenvalue weighted by molar-refractivity contribution is -0.149. The first-order valence-corrected chi connectivity index (χ1v) is 7.63. The summed E-state index contributed by atoms with van der Waals surface area (Å²) in [6, 6.07) is 6.57. The second-order valence-electron chi connectivity index (χ2n) is 5.39. The smallest absolute Gasteiger partial charge is 0.309 e. The van der Waals surface area contributed by atoms with Gasteiger partial charge in [0.05, 0.1) is 11.6 Å². The van der Waals surface area contributed by atoms with E-state index in [9.17, 15) is 9.59 Å². The van der Waals surface area contributed by atoms with E-state index in [1.165, 1.54) is 0 Å². The van der Waals surface area contributed by atoms with Crippen molar-refractivity contribution in [3.8, 4) is 0 Å². The minimum Gasteiger partial charge on any atom is -0.455 e. The molecule has 2 aromatic rings. The van der Waals surface area contributed by atoms with Gasteiger partial charge in [0.25, 0.3) is 0 Å². The average molecular weight is 336 g/mol. The van der Waals surface area contributed by atoms with Gasteiger partial charge in [-0.05, 0) is 38.1 Å². The maximum Gasteiger partial charge on any atom is 0.309 e. The molecule has 1 aromatic heterocycles. The number of halogens is 1. The van der Waals surface area contributed by atoms with E-state index in [-0.39, 0.29) is 18.8 Å². The maximum absolute atomic E-state index is 12.1. The van der Waals surface area contributed by atoms with Gasteiger partial charge in [0.1, 0.15) is 5.76 Å². The maximum atomic E-state index is 12.1. The summed E-state index contributed by atoms with van der Waals surface area (Å²) in [4.78, 5) is 28.2. The summed E-state index contributed by atoms with van der Waals surface area (Å²) >= 11 is 5.78. The van der Waals surface area contributed by atoms with Crippen LogP contribution in [0.25, 0.3) is 0 Å². The fourth-order valence-electron chi connectivity index (χ4n) is 1.99. The summed E-state index contributed by atoms with van der Waals surface area (Å²) in [5.41, 5.74) is 1.29. The third kappa shape index (κ3) is 4.66. The largest absolute Gasteiger partial charge is 0.455 e. The van der Waals surface area contributed by atoms with E-state index in [1.807, 2.05) is 6.92 Å². The highest BCUT2D eigenvalue weighted by Crippen LogP contribution is 2.16. The molecule has 2 rings (SSSR count). The van der Waals surface area contributed by atoms with Crippen LogP contribution in [0.15, 0.2) is 28.7 Å². The number of aromatic nitrogens is 1. The van der Waals surface area contributed by atoms with E-state index in [1.54, 1.807) is 38.1 Å². The Morgan fingerprint density at radius 3 is 2.48 bits per heavy atom. The van der Waals surface area contributed by atoms with Crippen LogP contribution in [0.1, 0.15) is 41.0 Å². The van der Waals surface area contributed by atoms with Crippen molar-refractivity contribution < 1.29 is 18.7 Å². The fourth-order valence-corrected chi connectivity index (χ4v) is 2.12. The molecule has 0 amide bonds. The monoisotopic (exact) mass is 335 g/mol. The summed E-state index contributed by atoms with van der Waals surface area (Å²) in [6.45, 7) is 5.23. The Morgan fingerprint density at radius 2 is 1.91 bits per heavy atom. The number of nitrogens with zero attached hydrogens (tertiary/aromatic N) is 1. The van der Waals surface area contributed by atoms with Crippen molar-refractivity contribution >= 4 is 23.4 Å². The van der Waals surface area contributed by atoms with Crippen LogP contribution in [0.3, 0.4) is 0 Å². The van der Waals surface area contributed by atoms with Crippen LogP contribution < -0.4 is 0 Å². The quantitative estimate of drug-likeness (QED) is 0.591. The molecule has 5 nitrogen and oxygen atoms in total. The Hall–Kier alpha value is -2.14. The lowest BCUT2D eigenvalue weighted by atomic mass is 10.00. The number of ketones is 1. The van der Waals surface area contributed by atoms with Crippen molar-refractivity contribution in [3.63, 3.8) is 0 Å². The van der Waals surface area contributed by atoms with Crippen LogP contribution in [-0.4, -0.2) is 16.7 Å². The lowest BCUT2D eigenvalue weighted by Gasteiger charge is -2.10. The molecule has 0 aliphatic rings. The van der Waals surface area contributed by atoms with Gasteiger partial charge in [0.2, 0.25) is 5.89 Å². The van der Waals surface area contributed by atoms with Crippen LogP contribution in [0.4, 0.5) is 0 Å². The van der Waals surface area contributed by atoms with E-state index in [2.05, 4.69) is 4.98 Å². The number of hydrogen-bond donors (Lipinski definition) is 0. The van der Waals surface area contributed by atoms with Crippen LogP contribution >= 0.6 is 11.6 Å². The number of benzene rings is 1. The molecule has 0 aliphatic heterocycles. The predicted octanol–water partition coefficient (Wildman–Crippen LogP) is 3.90. The van der Waals surface area contributed by atoms with Gasteiger partial charge in [0.15, 0.2) is 12.4 Å². The number of hydrogen-bond acceptors (Lipinski definition) is 5. The number of ether oxygens (including phenoxy) is 1. The highest BCUT2D eigenvalue weighted by atomic mass is 35.5. The number of rotatable bonds is 6. The summed E-state index contributed by atoms with van der Waals surface area (Å²) in [6.07, 6.45) is 0.0735. The van der Waals surface area contributed by atoms with Crippen molar-refractivity contribution in [2.75, 3.05) is 0 Å². The Kier molecular flexibility index (Phi) is 5.55. The first-order chi connectivity index (χ1) is 10.9. The molecule has 1 unspecified atom stereocenters. The molecule has 1 atom stereocenters. The van der Waals surface area contributed by atoms with Gasteiger partial charge < -0.3 is 9.15 Å². The highest BCUT2D eigenvalue weighted by Gasteiger charge is 2.20. The number of oxazole rings is 1. The first-order valence-electron chi connectivity index (χ1n) is 7.25. The fraction of sp³-hybridized carbons (Fsp3) is 0.353. The molecule has 122 valence electrons. The standard InChI is InChI=1S/C17H18ClNO4/c1-10(8-15(20)13-4-6-14(18)7-5-13)17(21)22-9-16-19-11(2)12(3)23-16/h4-7,10H,8-9H2,1-3H3. The molecule has 0 aliphatic carbocycles. The van der Waals surface area contributed by atoms with Gasteiger partial charge in [-0.25, -0.2) is 4.98 Å². The first kappa shape index (κ1) is 17.2. The van der Waals surface area contributed by atoms with Crippen LogP contribution in [0.2, 0.25) is 5.02 Å². The van der Waals surface area contributed by atoms with E-state index >= 15 is 0 Å². The number of Topliss-reactive ketones (excluding diaryl/α,β-unsaturated/α-hetero) is 1. The summed E-state index contributed by atoms with van der Waals surface area (Å²) < 4.78 is 10.5. The zero-order valence-electron chi connectivity index (χ0n) is 13.3. The van der Waals surface area contributed by atoms with Crippen LogP contribution in [0, 0.1) is 19.8 Å². The molecule has 1 aromatic carbocycles. The van der Waals surface area contributed by atoms with Crippen molar-refractivity contribution in [3.05, 3.63) is 52.2 Å². The van der Waals surface area contributed by atoms with E-state index in [0.29, 0.717) is 22.2 Å². The molecular weight excluding hydrogens is 318 g/mol. The van der Waals surface area contributed by atoms with Crippen LogP contribution in [0.5, 0.6) is 0 Å². The lowest BCUT2D eigenvalue weighted by Crippen LogP contribution is -2.18. The molecule has 0 saturated heterocycles. The van der Waals surface area contributed by atoms with Gasteiger partial charge in [0, 0.05) is 17.0 Å². The van der Waals surface area contributed by atoms with E-state index < -0.39 is 11.9 Å². The second-order valence-corrected chi connectivity index (χ2v) is 5.83. The number of esters is 1. The van der Waals surface area contributed by atoms with Crippen molar-refractivity contribution in [2.45, 2.75) is 33.8 Å². The third-order valence-corrected chi connectivity index (χ3v) is 3.72. The van der Waals surface area contributed by atoms with Gasteiger partial charge in [-0.2, -0.15) is 0 Å². The van der Waals surface area contributed by atoms with Gasteiger partial charge in [-0.1, -0.05) is 18.5 Å². The van der Waals surface area contributed by atoms with Crippen LogP contribution in [-0.2, 0) is 16.1 Å². The Bertz CT molecular complexity index is 686. The molecule has 0 radical (unpaired) electrons. The highest BCUT2D eigenvalue weighted by molar-refractivity contribution is 6.30. The number of carbonyl (C=O) groups excluding carboxylic acids is 2. The summed E-state index contributed by atoms with van der Waals surface area (Å²) in [5.74, 6) is -0.0864. The number of carbonyl (C=O) groups is 2. The molecule has 0 bridgehead atoms. The topological polar surface area (TPSA) is 69.4 Å². The minimum absolute atomic E-state index is 0.0347. The van der Waals surface area contributed by atoms with Gasteiger partial charge in [-0.3, -0.25) is 9.59 Å². The van der Waals surface area contributed by atoms with Gasteiger partial charge in [-0.15, -0.1) is 0 Å². The molecule has 0 saturated carbocycles. The summed E-state index contributed by atoms with van der Waals surface area (Å²) in [7, 11) is 0. The SMILES string of the molecule is Cc1nc(COC(=O)C(C)CC(=O)c2ccc(Cl)cc2)oc1C. The zero-order chi connectivity index (χ0) is 17.0. The van der Waals surface area contributed by atoms with Gasteiger partial charge >= 0.3 is 5.97 Å². The minimum atomic E-state index is -0.546. The Balaban J connectivity index is 1.86. The van der Waals surface area contributed by atoms with E-state index in [4.69, 9.17) is 20.8 Å². The Morgan fingerprint density at radius 1 is 1.26 bits per heavy atom. The third-order valence-electron chi connectivity index (χ3n) is 3.47. The number of aryl methyl sites for hydroxylation is 2. The normalized spacial score (nSPS) is 12.0. The van der Waals surface area contributed by atoms with Crippen molar-refractivity contribution in [2.24, 2.45) is 5.92 Å². The van der Waals surface area contributed by atoms with Crippen molar-refractivity contribution in [1.29, 1.82) is 0 Å². The summed E-state index contributed by atoms with van der Waals surface area (Å²) in [5, 5.41) is 0.561.